The van der Waals surface area contributed by atoms with Gasteiger partial charge in [0.2, 0.25) is 0 Å². The molecule has 0 spiro atoms. The first-order valence-electron chi connectivity index (χ1n) is 5.99. The number of rotatable bonds is 4. The normalized spacial score (nSPS) is 10.6. The lowest BCUT2D eigenvalue weighted by atomic mass is 10.2. The van der Waals surface area contributed by atoms with Crippen LogP contribution in [0.1, 0.15) is 15.9 Å². The molecule has 0 aliphatic carbocycles. The van der Waals surface area contributed by atoms with Gasteiger partial charge in [-0.05, 0) is 35.9 Å². The van der Waals surface area contributed by atoms with Gasteiger partial charge in [-0.15, -0.1) is 0 Å². The lowest BCUT2D eigenvalue weighted by Crippen LogP contribution is -1.99. The highest BCUT2D eigenvalue weighted by molar-refractivity contribution is 5.92. The molecule has 0 saturated heterocycles. The first-order valence-corrected chi connectivity index (χ1v) is 5.99. The third-order valence-corrected chi connectivity index (χ3v) is 2.83. The van der Waals surface area contributed by atoms with Gasteiger partial charge in [0, 0.05) is 18.9 Å². The van der Waals surface area contributed by atoms with Crippen molar-refractivity contribution in [1.29, 1.82) is 0 Å². The van der Waals surface area contributed by atoms with Gasteiger partial charge < -0.3 is 14.8 Å². The fraction of sp³-hybridized carbons (Fsp3) is 0.0714. The van der Waals surface area contributed by atoms with E-state index in [1.807, 2.05) is 12.1 Å². The number of oxazole rings is 1. The standard InChI is InChI=1S/C14H11N3O3/c18-13(19)10-1-2-11-12(7-10)20-14(17-11)16-8-9-3-5-15-6-4-9/h1-7H,8H2,(H,16,17)(H,18,19). The maximum atomic E-state index is 10.9. The monoisotopic (exact) mass is 269 g/mol. The van der Waals surface area contributed by atoms with Gasteiger partial charge in [0.15, 0.2) is 5.58 Å². The average molecular weight is 269 g/mol. The van der Waals surface area contributed by atoms with E-state index >= 15 is 0 Å². The van der Waals surface area contributed by atoms with Gasteiger partial charge in [0.1, 0.15) is 5.52 Å². The number of hydrogen-bond donors (Lipinski definition) is 2. The molecule has 2 heterocycles. The van der Waals surface area contributed by atoms with E-state index in [1.165, 1.54) is 12.1 Å². The number of carboxylic acids is 1. The van der Waals surface area contributed by atoms with E-state index in [4.69, 9.17) is 9.52 Å². The third kappa shape index (κ3) is 2.44. The molecule has 6 heteroatoms. The number of aromatic carboxylic acids is 1. The number of nitrogens with one attached hydrogen (secondary N) is 1. The van der Waals surface area contributed by atoms with Gasteiger partial charge in [-0.1, -0.05) is 0 Å². The Balaban J connectivity index is 1.80. The Morgan fingerprint density at radius 1 is 1.25 bits per heavy atom. The Morgan fingerprint density at radius 3 is 2.80 bits per heavy atom. The second-order valence-corrected chi connectivity index (χ2v) is 4.22. The summed E-state index contributed by atoms with van der Waals surface area (Å²) in [6.07, 6.45) is 3.42. The molecule has 100 valence electrons. The summed E-state index contributed by atoms with van der Waals surface area (Å²) < 4.78 is 5.48. The minimum atomic E-state index is -0.991. The van der Waals surface area contributed by atoms with Crippen LogP contribution in [-0.4, -0.2) is 21.0 Å². The Kier molecular flexibility index (Phi) is 3.04. The second-order valence-electron chi connectivity index (χ2n) is 4.22. The van der Waals surface area contributed by atoms with Crippen LogP contribution in [-0.2, 0) is 6.54 Å². The van der Waals surface area contributed by atoms with Crippen LogP contribution in [0.3, 0.4) is 0 Å². The van der Waals surface area contributed by atoms with E-state index < -0.39 is 5.97 Å². The summed E-state index contributed by atoms with van der Waals surface area (Å²) in [5, 5.41) is 12.0. The Labute approximate surface area is 114 Å². The molecule has 20 heavy (non-hydrogen) atoms. The van der Waals surface area contributed by atoms with Crippen molar-refractivity contribution in [3.8, 4) is 0 Å². The fourth-order valence-corrected chi connectivity index (χ4v) is 1.81. The molecule has 0 saturated carbocycles. The molecule has 2 N–H and O–H groups in total. The summed E-state index contributed by atoms with van der Waals surface area (Å²) in [5.74, 6) is -0.991. The van der Waals surface area contributed by atoms with Gasteiger partial charge >= 0.3 is 5.97 Å². The number of anilines is 1. The van der Waals surface area contributed by atoms with Crippen LogP contribution in [0.25, 0.3) is 11.1 Å². The van der Waals surface area contributed by atoms with Crippen molar-refractivity contribution >= 4 is 23.1 Å². The van der Waals surface area contributed by atoms with Crippen molar-refractivity contribution in [2.24, 2.45) is 0 Å². The zero-order valence-corrected chi connectivity index (χ0v) is 10.4. The molecule has 0 radical (unpaired) electrons. The summed E-state index contributed by atoms with van der Waals surface area (Å²) in [6, 6.07) is 8.72. The van der Waals surface area contributed by atoms with Crippen molar-refractivity contribution in [1.82, 2.24) is 9.97 Å². The molecule has 0 aliphatic rings. The SMILES string of the molecule is O=C(O)c1ccc2nc(NCc3ccncc3)oc2c1. The number of benzene rings is 1. The van der Waals surface area contributed by atoms with Crippen LogP contribution in [0.15, 0.2) is 47.1 Å². The summed E-state index contributed by atoms with van der Waals surface area (Å²) in [6.45, 7) is 0.557. The minimum absolute atomic E-state index is 0.175. The zero-order valence-electron chi connectivity index (χ0n) is 10.4. The quantitative estimate of drug-likeness (QED) is 0.756. The van der Waals surface area contributed by atoms with E-state index in [1.54, 1.807) is 18.5 Å². The van der Waals surface area contributed by atoms with E-state index in [0.717, 1.165) is 5.56 Å². The molecular weight excluding hydrogens is 258 g/mol. The van der Waals surface area contributed by atoms with Crippen molar-refractivity contribution < 1.29 is 14.3 Å². The van der Waals surface area contributed by atoms with E-state index in [-0.39, 0.29) is 5.56 Å². The van der Waals surface area contributed by atoms with E-state index in [2.05, 4.69) is 15.3 Å². The van der Waals surface area contributed by atoms with Crippen LogP contribution in [0.5, 0.6) is 0 Å². The summed E-state index contributed by atoms with van der Waals surface area (Å²) in [4.78, 5) is 19.1. The van der Waals surface area contributed by atoms with Crippen LogP contribution >= 0.6 is 0 Å². The second kappa shape index (κ2) is 5.00. The summed E-state index contributed by atoms with van der Waals surface area (Å²) in [7, 11) is 0. The smallest absolute Gasteiger partial charge is 0.335 e. The number of hydrogen-bond acceptors (Lipinski definition) is 5. The zero-order chi connectivity index (χ0) is 13.9. The predicted octanol–water partition coefficient (Wildman–Crippen LogP) is 2.53. The van der Waals surface area contributed by atoms with Gasteiger partial charge in [0.05, 0.1) is 5.56 Å². The lowest BCUT2D eigenvalue weighted by Gasteiger charge is -2.00. The highest BCUT2D eigenvalue weighted by Gasteiger charge is 2.09. The van der Waals surface area contributed by atoms with Crippen LogP contribution in [0.2, 0.25) is 0 Å². The summed E-state index contributed by atoms with van der Waals surface area (Å²) >= 11 is 0. The summed E-state index contributed by atoms with van der Waals surface area (Å²) in [5.41, 5.74) is 2.29. The number of nitrogens with zero attached hydrogens (tertiary/aromatic N) is 2. The molecule has 1 aromatic carbocycles. The van der Waals surface area contributed by atoms with Gasteiger partial charge in [-0.3, -0.25) is 4.98 Å². The number of fused-ring (bicyclic) bond motifs is 1. The molecular formula is C14H11N3O3. The topological polar surface area (TPSA) is 88.2 Å². The fourth-order valence-electron chi connectivity index (χ4n) is 1.81. The highest BCUT2D eigenvalue weighted by atomic mass is 16.4. The molecule has 6 nitrogen and oxygen atoms in total. The molecule has 0 aliphatic heterocycles. The molecule has 2 aromatic heterocycles. The van der Waals surface area contributed by atoms with Crippen LogP contribution in [0, 0.1) is 0 Å². The first-order chi connectivity index (χ1) is 9.72. The van der Waals surface area contributed by atoms with Gasteiger partial charge in [0.25, 0.3) is 6.01 Å². The van der Waals surface area contributed by atoms with Gasteiger partial charge in [-0.2, -0.15) is 4.98 Å². The number of aromatic nitrogens is 2. The third-order valence-electron chi connectivity index (χ3n) is 2.83. The maximum Gasteiger partial charge on any atom is 0.335 e. The molecule has 0 unspecified atom stereocenters. The highest BCUT2D eigenvalue weighted by Crippen LogP contribution is 2.20. The largest absolute Gasteiger partial charge is 0.478 e. The van der Waals surface area contributed by atoms with Gasteiger partial charge in [-0.25, -0.2) is 4.79 Å². The molecule has 0 amide bonds. The van der Waals surface area contributed by atoms with E-state index in [9.17, 15) is 4.79 Å². The van der Waals surface area contributed by atoms with Crippen LogP contribution in [0.4, 0.5) is 6.01 Å². The number of carbonyl (C=O) groups is 1. The van der Waals surface area contributed by atoms with Crippen LogP contribution < -0.4 is 5.32 Å². The maximum absolute atomic E-state index is 10.9. The molecule has 0 atom stereocenters. The Hall–Kier alpha value is -2.89. The number of carboxylic acid groups (broad SMARTS) is 1. The van der Waals surface area contributed by atoms with Crippen molar-refractivity contribution in [3.63, 3.8) is 0 Å². The Bertz CT molecular complexity index is 753. The van der Waals surface area contributed by atoms with Crippen molar-refractivity contribution in [2.45, 2.75) is 6.54 Å². The Morgan fingerprint density at radius 2 is 2.05 bits per heavy atom. The number of pyridine rings is 1. The van der Waals surface area contributed by atoms with E-state index in [0.29, 0.717) is 23.7 Å². The first kappa shape index (κ1) is 12.2. The lowest BCUT2D eigenvalue weighted by molar-refractivity contribution is 0.0697. The van der Waals surface area contributed by atoms with Crippen molar-refractivity contribution in [2.75, 3.05) is 5.32 Å². The average Bonchev–Trinajstić information content (AvgIpc) is 2.88. The molecule has 3 rings (SSSR count). The minimum Gasteiger partial charge on any atom is -0.478 e. The van der Waals surface area contributed by atoms with Crippen molar-refractivity contribution in [3.05, 3.63) is 53.9 Å². The molecule has 0 fully saturated rings. The predicted molar refractivity (Wildman–Crippen MR) is 72.5 cm³/mol. The molecule has 0 bridgehead atoms. The molecule has 3 aromatic rings.